The van der Waals surface area contributed by atoms with Crippen LogP contribution in [0.25, 0.3) is 11.0 Å². The normalized spacial score (nSPS) is 11.3. The van der Waals surface area contributed by atoms with Gasteiger partial charge < -0.3 is 14.8 Å². The molecule has 0 aliphatic rings. The molecule has 0 radical (unpaired) electrons. The summed E-state index contributed by atoms with van der Waals surface area (Å²) in [6.07, 6.45) is 3.88. The molecule has 0 atom stereocenters. The van der Waals surface area contributed by atoms with Crippen LogP contribution in [0, 0.1) is 0 Å². The highest BCUT2D eigenvalue weighted by molar-refractivity contribution is 6.30. The highest BCUT2D eigenvalue weighted by Gasteiger charge is 2.09. The van der Waals surface area contributed by atoms with E-state index < -0.39 is 0 Å². The first-order valence-electron chi connectivity index (χ1n) is 8.27. The lowest BCUT2D eigenvalue weighted by atomic mass is 10.2. The van der Waals surface area contributed by atoms with E-state index in [0.29, 0.717) is 0 Å². The monoisotopic (exact) mass is 342 g/mol. The molecule has 0 aliphatic carbocycles. The first-order valence-corrected chi connectivity index (χ1v) is 8.65. The summed E-state index contributed by atoms with van der Waals surface area (Å²) in [6, 6.07) is 12.2. The van der Waals surface area contributed by atoms with E-state index in [9.17, 15) is 0 Å². The van der Waals surface area contributed by atoms with Gasteiger partial charge in [0.15, 0.2) is 0 Å². The van der Waals surface area contributed by atoms with Gasteiger partial charge in [-0.3, -0.25) is 0 Å². The number of anilines is 1. The Labute approximate surface area is 148 Å². The number of nitrogens with zero attached hydrogens (tertiary/aromatic N) is 3. The molecular weight excluding hydrogens is 320 g/mol. The molecule has 0 saturated heterocycles. The number of hydrogen-bond donors (Lipinski definition) is 1. The topological polar surface area (TPSA) is 35.2 Å². The lowest BCUT2D eigenvalue weighted by Crippen LogP contribution is -2.32. The maximum atomic E-state index is 5.98. The first kappa shape index (κ1) is 16.8. The van der Waals surface area contributed by atoms with Crippen LogP contribution in [0.1, 0.15) is 12.5 Å². The van der Waals surface area contributed by atoms with Crippen LogP contribution in [0.5, 0.6) is 0 Å². The second-order valence-corrected chi connectivity index (χ2v) is 6.44. The molecule has 0 aliphatic heterocycles. The summed E-state index contributed by atoms with van der Waals surface area (Å²) in [5.74, 6) is 0. The van der Waals surface area contributed by atoms with E-state index in [4.69, 9.17) is 11.6 Å². The number of fused-ring (bicyclic) bond motifs is 1. The quantitative estimate of drug-likeness (QED) is 0.699. The van der Waals surface area contributed by atoms with Crippen LogP contribution in [0.2, 0.25) is 5.02 Å². The molecule has 1 N–H and O–H groups in total. The van der Waals surface area contributed by atoms with Crippen LogP contribution in [-0.2, 0) is 6.54 Å². The molecular formula is C19H23ClN4. The van der Waals surface area contributed by atoms with Crippen LogP contribution < -0.4 is 4.90 Å². The van der Waals surface area contributed by atoms with E-state index >= 15 is 0 Å². The number of aromatic nitrogens is 2. The number of nitrogens with one attached hydrogen (secondary N) is 1. The van der Waals surface area contributed by atoms with Gasteiger partial charge in [0, 0.05) is 54.7 Å². The Balaban J connectivity index is 1.60. The summed E-state index contributed by atoms with van der Waals surface area (Å²) in [5.41, 5.74) is 3.46. The third-order valence-electron chi connectivity index (χ3n) is 4.30. The highest BCUT2D eigenvalue weighted by Crippen LogP contribution is 2.19. The van der Waals surface area contributed by atoms with E-state index in [1.807, 2.05) is 24.4 Å². The summed E-state index contributed by atoms with van der Waals surface area (Å²) >= 11 is 5.98. The van der Waals surface area contributed by atoms with Gasteiger partial charge >= 0.3 is 0 Å². The molecule has 1 aromatic carbocycles. The maximum absolute atomic E-state index is 5.98. The molecule has 2 aromatic heterocycles. The zero-order valence-electron chi connectivity index (χ0n) is 14.2. The van der Waals surface area contributed by atoms with E-state index in [0.717, 1.165) is 36.8 Å². The summed E-state index contributed by atoms with van der Waals surface area (Å²) in [4.78, 5) is 12.3. The van der Waals surface area contributed by atoms with Crippen LogP contribution in [0.4, 0.5) is 5.69 Å². The molecule has 5 heteroatoms. The lowest BCUT2D eigenvalue weighted by molar-refractivity contribution is 0.334. The standard InChI is InChI=1S/C19H23ClN4/c1-3-24(17-8-6-16(20)7-9-17)12-11-23(2)14-15-13-22-19-18(15)5-4-10-21-19/h4-10,13H,3,11-12,14H2,1-2H3,(H,21,22). The number of H-pyrrole nitrogens is 1. The van der Waals surface area contributed by atoms with Gasteiger partial charge in [-0.2, -0.15) is 0 Å². The third-order valence-corrected chi connectivity index (χ3v) is 4.55. The Hall–Kier alpha value is -2.04. The predicted molar refractivity (Wildman–Crippen MR) is 102 cm³/mol. The van der Waals surface area contributed by atoms with Gasteiger partial charge in [-0.05, 0) is 55.9 Å². The van der Waals surface area contributed by atoms with Crippen molar-refractivity contribution in [2.75, 3.05) is 31.6 Å². The first-order chi connectivity index (χ1) is 11.7. The van der Waals surface area contributed by atoms with E-state index in [-0.39, 0.29) is 0 Å². The van der Waals surface area contributed by atoms with Gasteiger partial charge in [-0.1, -0.05) is 11.6 Å². The van der Waals surface area contributed by atoms with Crippen molar-refractivity contribution in [1.82, 2.24) is 14.9 Å². The number of rotatable bonds is 7. The summed E-state index contributed by atoms with van der Waals surface area (Å²) in [6.45, 7) is 6.04. The molecule has 0 unspecified atom stereocenters. The second-order valence-electron chi connectivity index (χ2n) is 6.01. The zero-order valence-corrected chi connectivity index (χ0v) is 14.9. The molecule has 0 amide bonds. The zero-order chi connectivity index (χ0) is 16.9. The van der Waals surface area contributed by atoms with E-state index in [1.54, 1.807) is 0 Å². The number of pyridine rings is 1. The minimum atomic E-state index is 0.778. The van der Waals surface area contributed by atoms with Crippen molar-refractivity contribution in [3.8, 4) is 0 Å². The second kappa shape index (κ2) is 7.69. The molecule has 3 rings (SSSR count). The van der Waals surface area contributed by atoms with Crippen molar-refractivity contribution in [3.63, 3.8) is 0 Å². The summed E-state index contributed by atoms with van der Waals surface area (Å²) in [7, 11) is 2.16. The third kappa shape index (κ3) is 3.89. The fourth-order valence-electron chi connectivity index (χ4n) is 2.93. The average molecular weight is 343 g/mol. The lowest BCUT2D eigenvalue weighted by Gasteiger charge is -2.26. The molecule has 0 saturated carbocycles. The minimum Gasteiger partial charge on any atom is -0.371 e. The molecule has 0 bridgehead atoms. The minimum absolute atomic E-state index is 0.778. The average Bonchev–Trinajstić information content (AvgIpc) is 3.00. The van der Waals surface area contributed by atoms with Crippen molar-refractivity contribution in [2.24, 2.45) is 0 Å². The number of hydrogen-bond acceptors (Lipinski definition) is 3. The van der Waals surface area contributed by atoms with E-state index in [1.165, 1.54) is 16.6 Å². The van der Waals surface area contributed by atoms with Gasteiger partial charge in [0.2, 0.25) is 0 Å². The van der Waals surface area contributed by atoms with Crippen molar-refractivity contribution in [2.45, 2.75) is 13.5 Å². The molecule has 24 heavy (non-hydrogen) atoms. The SMILES string of the molecule is CCN(CCN(C)Cc1c[nH]c2ncccc12)c1ccc(Cl)cc1. The van der Waals surface area contributed by atoms with Gasteiger partial charge in [0.1, 0.15) is 5.65 Å². The fourth-order valence-corrected chi connectivity index (χ4v) is 3.05. The van der Waals surface area contributed by atoms with Gasteiger partial charge in [-0.15, -0.1) is 0 Å². The Morgan fingerprint density at radius 1 is 1.12 bits per heavy atom. The predicted octanol–water partition coefficient (Wildman–Crippen LogP) is 4.17. The van der Waals surface area contributed by atoms with Gasteiger partial charge in [0.25, 0.3) is 0 Å². The Kier molecular flexibility index (Phi) is 5.38. The van der Waals surface area contributed by atoms with Gasteiger partial charge in [-0.25, -0.2) is 4.98 Å². The molecule has 3 aromatic rings. The molecule has 4 nitrogen and oxygen atoms in total. The summed E-state index contributed by atoms with van der Waals surface area (Å²) in [5, 5.41) is 1.98. The van der Waals surface area contributed by atoms with Crippen molar-refractivity contribution < 1.29 is 0 Å². The van der Waals surface area contributed by atoms with Crippen LogP contribution in [-0.4, -0.2) is 41.5 Å². The number of likely N-dealkylation sites (N-methyl/N-ethyl adjacent to an activating group) is 2. The Morgan fingerprint density at radius 3 is 2.67 bits per heavy atom. The molecule has 0 fully saturated rings. The molecule has 2 heterocycles. The van der Waals surface area contributed by atoms with Crippen molar-refractivity contribution >= 4 is 28.3 Å². The van der Waals surface area contributed by atoms with Crippen molar-refractivity contribution in [1.29, 1.82) is 0 Å². The van der Waals surface area contributed by atoms with Crippen molar-refractivity contribution in [3.05, 3.63) is 59.4 Å². The number of halogens is 1. The van der Waals surface area contributed by atoms with Gasteiger partial charge in [0.05, 0.1) is 0 Å². The highest BCUT2D eigenvalue weighted by atomic mass is 35.5. The summed E-state index contributed by atoms with van der Waals surface area (Å²) < 4.78 is 0. The maximum Gasteiger partial charge on any atom is 0.137 e. The number of aromatic amines is 1. The molecule has 0 spiro atoms. The van der Waals surface area contributed by atoms with Crippen LogP contribution in [0.3, 0.4) is 0 Å². The van der Waals surface area contributed by atoms with E-state index in [2.05, 4.69) is 58.1 Å². The number of benzene rings is 1. The van der Waals surface area contributed by atoms with Crippen LogP contribution in [0.15, 0.2) is 48.8 Å². The van der Waals surface area contributed by atoms with Crippen LogP contribution >= 0.6 is 11.6 Å². The fraction of sp³-hybridized carbons (Fsp3) is 0.316. The largest absolute Gasteiger partial charge is 0.371 e. The molecule has 126 valence electrons. The Bertz CT molecular complexity index is 781. The smallest absolute Gasteiger partial charge is 0.137 e. The Morgan fingerprint density at radius 2 is 1.92 bits per heavy atom.